The van der Waals surface area contributed by atoms with Gasteiger partial charge < -0.3 is 0 Å². The fraction of sp³-hybridized carbons (Fsp3) is 0.955. The van der Waals surface area contributed by atoms with Crippen LogP contribution in [0.25, 0.3) is 0 Å². The number of ketones is 1. The molecule has 0 aromatic heterocycles. The molecule has 132 valence electrons. The second-order valence-electron chi connectivity index (χ2n) is 8.94. The van der Waals surface area contributed by atoms with Gasteiger partial charge in [-0.3, -0.25) is 4.79 Å². The van der Waals surface area contributed by atoms with Gasteiger partial charge in [0.25, 0.3) is 0 Å². The summed E-state index contributed by atoms with van der Waals surface area (Å²) >= 11 is 0. The number of hydrogen-bond acceptors (Lipinski definition) is 1. The number of carbonyl (C=O) groups is 1. The highest BCUT2D eigenvalue weighted by Crippen LogP contribution is 2.61. The van der Waals surface area contributed by atoms with E-state index in [1.54, 1.807) is 0 Å². The van der Waals surface area contributed by atoms with Crippen LogP contribution in [-0.4, -0.2) is 5.78 Å². The van der Waals surface area contributed by atoms with E-state index in [2.05, 4.69) is 13.8 Å². The van der Waals surface area contributed by atoms with Gasteiger partial charge in [0.15, 0.2) is 0 Å². The molecule has 0 amide bonds. The lowest BCUT2D eigenvalue weighted by Crippen LogP contribution is -2.48. The highest BCUT2D eigenvalue weighted by molar-refractivity contribution is 5.87. The molecule has 7 unspecified atom stereocenters. The zero-order valence-electron chi connectivity index (χ0n) is 15.9. The smallest absolute Gasteiger partial charge is 0.139 e. The lowest BCUT2D eigenvalue weighted by molar-refractivity contribution is -0.133. The first kappa shape index (κ1) is 17.5. The van der Waals surface area contributed by atoms with Crippen LogP contribution in [0.3, 0.4) is 0 Å². The van der Waals surface area contributed by atoms with E-state index in [1.165, 1.54) is 57.8 Å². The molecule has 1 nitrogen and oxygen atoms in total. The van der Waals surface area contributed by atoms with E-state index < -0.39 is 0 Å². The summed E-state index contributed by atoms with van der Waals surface area (Å²) in [5, 5.41) is 0. The van der Waals surface area contributed by atoms with Gasteiger partial charge in [-0.1, -0.05) is 40.5 Å². The molecule has 0 aromatic carbocycles. The Bertz CT molecular complexity index is 428. The summed E-state index contributed by atoms with van der Waals surface area (Å²) in [7, 11) is 0. The number of hydrogen-bond donors (Lipinski definition) is 0. The van der Waals surface area contributed by atoms with Gasteiger partial charge in [-0.15, -0.1) is 0 Å². The molecule has 23 heavy (non-hydrogen) atoms. The zero-order valence-corrected chi connectivity index (χ0v) is 15.9. The number of carbonyl (C=O) groups excluding carboxylic acids is 1. The van der Waals surface area contributed by atoms with Crippen LogP contribution in [-0.2, 0) is 4.79 Å². The molecule has 4 saturated carbocycles. The zero-order chi connectivity index (χ0) is 16.6. The van der Waals surface area contributed by atoms with Crippen LogP contribution in [0.4, 0.5) is 0 Å². The van der Waals surface area contributed by atoms with E-state index in [9.17, 15) is 4.79 Å². The third kappa shape index (κ3) is 2.81. The predicted octanol–water partition coefficient (Wildman–Crippen LogP) is 6.26. The van der Waals surface area contributed by atoms with Gasteiger partial charge in [0.1, 0.15) is 5.78 Å². The normalized spacial score (nSPS) is 48.6. The Morgan fingerprint density at radius 2 is 1.70 bits per heavy atom. The van der Waals surface area contributed by atoms with Gasteiger partial charge in [-0.2, -0.15) is 0 Å². The minimum Gasteiger partial charge on any atom is -0.299 e. The quantitative estimate of drug-likeness (QED) is 0.557. The van der Waals surface area contributed by atoms with Crippen LogP contribution in [0, 0.1) is 40.9 Å². The molecule has 0 aromatic rings. The van der Waals surface area contributed by atoms with Gasteiger partial charge in [-0.05, 0) is 80.5 Å². The molecule has 4 fully saturated rings. The van der Waals surface area contributed by atoms with Crippen molar-refractivity contribution in [1.29, 1.82) is 0 Å². The number of rotatable bonds is 1. The van der Waals surface area contributed by atoms with Gasteiger partial charge in [0, 0.05) is 11.8 Å². The molecule has 4 rings (SSSR count). The minimum atomic E-state index is 0.0780. The van der Waals surface area contributed by atoms with Gasteiger partial charge >= 0.3 is 0 Å². The van der Waals surface area contributed by atoms with Crippen LogP contribution in [0.1, 0.15) is 91.9 Å². The fourth-order valence-corrected chi connectivity index (χ4v) is 7.09. The highest BCUT2D eigenvalue weighted by Gasteiger charge is 2.56. The van der Waals surface area contributed by atoms with Crippen molar-refractivity contribution in [3.05, 3.63) is 0 Å². The lowest BCUT2D eigenvalue weighted by atomic mass is 9.50. The van der Waals surface area contributed by atoms with E-state index in [4.69, 9.17) is 0 Å². The Kier molecular flexibility index (Phi) is 5.24. The SMILES string of the molecule is CC.CCC1CCC2C(CCC3C2CCC2(C)C(=O)CCC32)C1. The Morgan fingerprint density at radius 3 is 2.43 bits per heavy atom. The summed E-state index contributed by atoms with van der Waals surface area (Å²) in [4.78, 5) is 12.4. The molecule has 0 bridgehead atoms. The van der Waals surface area contributed by atoms with Crippen molar-refractivity contribution < 1.29 is 4.79 Å². The summed E-state index contributed by atoms with van der Waals surface area (Å²) in [6.07, 6.45) is 13.5. The summed E-state index contributed by atoms with van der Waals surface area (Å²) < 4.78 is 0. The van der Waals surface area contributed by atoms with Gasteiger partial charge in [-0.25, -0.2) is 0 Å². The Balaban J connectivity index is 0.000000753. The molecule has 0 heterocycles. The Hall–Kier alpha value is -0.330. The van der Waals surface area contributed by atoms with Crippen molar-refractivity contribution in [3.8, 4) is 0 Å². The first-order valence-corrected chi connectivity index (χ1v) is 10.7. The summed E-state index contributed by atoms with van der Waals surface area (Å²) in [5.74, 6) is 6.29. The monoisotopic (exact) mass is 318 g/mol. The summed E-state index contributed by atoms with van der Waals surface area (Å²) in [6.45, 7) is 8.69. The molecule has 0 N–H and O–H groups in total. The van der Waals surface area contributed by atoms with E-state index in [1.807, 2.05) is 13.8 Å². The van der Waals surface area contributed by atoms with Gasteiger partial charge in [0.05, 0.1) is 0 Å². The first-order valence-electron chi connectivity index (χ1n) is 10.7. The minimum absolute atomic E-state index is 0.0780. The second kappa shape index (κ2) is 6.89. The predicted molar refractivity (Wildman–Crippen MR) is 97.2 cm³/mol. The molecule has 0 spiro atoms. The van der Waals surface area contributed by atoms with Crippen LogP contribution in [0.15, 0.2) is 0 Å². The Morgan fingerprint density at radius 1 is 0.957 bits per heavy atom. The number of fused-ring (bicyclic) bond motifs is 5. The van der Waals surface area contributed by atoms with Crippen molar-refractivity contribution in [3.63, 3.8) is 0 Å². The van der Waals surface area contributed by atoms with Crippen molar-refractivity contribution in [1.82, 2.24) is 0 Å². The van der Waals surface area contributed by atoms with E-state index >= 15 is 0 Å². The third-order valence-electron chi connectivity index (χ3n) is 8.35. The van der Waals surface area contributed by atoms with Crippen molar-refractivity contribution in [2.75, 3.05) is 0 Å². The largest absolute Gasteiger partial charge is 0.299 e. The highest BCUT2D eigenvalue weighted by atomic mass is 16.1. The summed E-state index contributed by atoms with van der Waals surface area (Å²) in [5.41, 5.74) is 0.0780. The molecule has 7 atom stereocenters. The number of Topliss-reactive ketones (excluding diaryl/α,β-unsaturated/α-hetero) is 1. The van der Waals surface area contributed by atoms with Crippen LogP contribution in [0.5, 0.6) is 0 Å². The molecule has 4 aliphatic rings. The molecular formula is C22H38O. The maximum absolute atomic E-state index is 12.4. The van der Waals surface area contributed by atoms with E-state index in [-0.39, 0.29) is 5.41 Å². The average Bonchev–Trinajstić information content (AvgIpc) is 2.91. The van der Waals surface area contributed by atoms with Crippen molar-refractivity contribution >= 4 is 5.78 Å². The van der Waals surface area contributed by atoms with E-state index in [0.29, 0.717) is 5.78 Å². The maximum atomic E-state index is 12.4. The third-order valence-corrected chi connectivity index (χ3v) is 8.35. The van der Waals surface area contributed by atoms with Crippen molar-refractivity contribution in [2.45, 2.75) is 91.9 Å². The maximum Gasteiger partial charge on any atom is 0.139 e. The van der Waals surface area contributed by atoms with Gasteiger partial charge in [0.2, 0.25) is 0 Å². The molecule has 0 radical (unpaired) electrons. The standard InChI is InChI=1S/C20H32O.C2H6/c1-3-13-4-6-15-14(12-13)5-7-17-16(15)10-11-20(2)18(17)8-9-19(20)21;1-2/h13-18H,3-12H2,1-2H3;1-2H3. The molecular weight excluding hydrogens is 280 g/mol. The summed E-state index contributed by atoms with van der Waals surface area (Å²) in [6, 6.07) is 0. The molecule has 4 aliphatic carbocycles. The fourth-order valence-electron chi connectivity index (χ4n) is 7.09. The van der Waals surface area contributed by atoms with Crippen LogP contribution < -0.4 is 0 Å². The average molecular weight is 319 g/mol. The van der Waals surface area contributed by atoms with Crippen LogP contribution in [0.2, 0.25) is 0 Å². The second-order valence-corrected chi connectivity index (χ2v) is 8.94. The molecule has 0 saturated heterocycles. The van der Waals surface area contributed by atoms with Crippen LogP contribution >= 0.6 is 0 Å². The van der Waals surface area contributed by atoms with E-state index in [0.717, 1.165) is 41.9 Å². The first-order chi connectivity index (χ1) is 11.1. The Labute approximate surface area is 144 Å². The molecule has 0 aliphatic heterocycles. The lowest BCUT2D eigenvalue weighted by Gasteiger charge is -2.55. The van der Waals surface area contributed by atoms with Crippen molar-refractivity contribution in [2.24, 2.45) is 40.9 Å². The topological polar surface area (TPSA) is 17.1 Å². The molecule has 1 heteroatoms.